The second-order valence-electron chi connectivity index (χ2n) is 7.44. The van der Waals surface area contributed by atoms with E-state index in [0.29, 0.717) is 28.2 Å². The highest BCUT2D eigenvalue weighted by Crippen LogP contribution is 2.29. The zero-order valence-corrected chi connectivity index (χ0v) is 19.5. The van der Waals surface area contributed by atoms with Crippen molar-refractivity contribution in [2.75, 3.05) is 18.9 Å². The number of nitrogens with zero attached hydrogens (tertiary/aromatic N) is 5. The van der Waals surface area contributed by atoms with Gasteiger partial charge in [-0.15, -0.1) is 10.2 Å². The fourth-order valence-corrected chi connectivity index (χ4v) is 4.58. The standard InChI is InChI=1S/C22H17F2N7O4S/c1-34-13-4-3-5-14(9-13)36(32,33)29-17-7-6-16(23)20(19(17)24)31-11-18(26-30-31)12-8-15-21(25-10-12)27-28-22(15)35-2/h3-11,29H,1-2H3,(H,25,27,28). The van der Waals surface area contributed by atoms with Crippen LogP contribution in [0.3, 0.4) is 0 Å². The minimum atomic E-state index is -4.21. The van der Waals surface area contributed by atoms with Crippen LogP contribution in [0.25, 0.3) is 28.0 Å². The second-order valence-corrected chi connectivity index (χ2v) is 9.13. The van der Waals surface area contributed by atoms with Crippen LogP contribution in [0.1, 0.15) is 0 Å². The molecule has 0 aliphatic heterocycles. The quantitative estimate of drug-likeness (QED) is 0.338. The number of halogens is 2. The van der Waals surface area contributed by atoms with Crippen molar-refractivity contribution in [3.8, 4) is 28.6 Å². The van der Waals surface area contributed by atoms with E-state index < -0.39 is 33.0 Å². The molecule has 3 aromatic heterocycles. The molecule has 36 heavy (non-hydrogen) atoms. The Kier molecular flexibility index (Phi) is 5.72. The maximum Gasteiger partial charge on any atom is 0.262 e. The third-order valence-electron chi connectivity index (χ3n) is 5.26. The number of anilines is 1. The first-order chi connectivity index (χ1) is 17.3. The van der Waals surface area contributed by atoms with Crippen LogP contribution in [0.15, 0.2) is 59.8 Å². The molecule has 184 valence electrons. The fraction of sp³-hybridized carbons (Fsp3) is 0.0909. The van der Waals surface area contributed by atoms with E-state index in [9.17, 15) is 12.8 Å². The molecule has 5 rings (SSSR count). The van der Waals surface area contributed by atoms with Crippen molar-refractivity contribution in [2.45, 2.75) is 4.90 Å². The van der Waals surface area contributed by atoms with Crippen molar-refractivity contribution < 1.29 is 26.7 Å². The monoisotopic (exact) mass is 513 g/mol. The summed E-state index contributed by atoms with van der Waals surface area (Å²) in [5.74, 6) is -1.53. The molecule has 2 aromatic carbocycles. The molecular formula is C22H17F2N7O4S. The van der Waals surface area contributed by atoms with Gasteiger partial charge in [-0.2, -0.15) is 0 Å². The van der Waals surface area contributed by atoms with Crippen LogP contribution >= 0.6 is 0 Å². The van der Waals surface area contributed by atoms with Crippen molar-refractivity contribution >= 4 is 26.7 Å². The van der Waals surface area contributed by atoms with Crippen LogP contribution in [0.4, 0.5) is 14.5 Å². The van der Waals surface area contributed by atoms with E-state index >= 15 is 4.39 Å². The van der Waals surface area contributed by atoms with Gasteiger partial charge in [0.1, 0.15) is 17.1 Å². The van der Waals surface area contributed by atoms with Crippen LogP contribution in [-0.2, 0) is 10.0 Å². The molecule has 0 saturated heterocycles. The summed E-state index contributed by atoms with van der Waals surface area (Å²) < 4.78 is 68.9. The number of hydrogen-bond acceptors (Lipinski definition) is 8. The van der Waals surface area contributed by atoms with Gasteiger partial charge >= 0.3 is 0 Å². The molecule has 5 aromatic rings. The van der Waals surface area contributed by atoms with Gasteiger partial charge in [0.25, 0.3) is 10.0 Å². The maximum absolute atomic E-state index is 15.4. The Bertz CT molecular complexity index is 1700. The molecule has 0 saturated carbocycles. The van der Waals surface area contributed by atoms with Crippen LogP contribution in [0.2, 0.25) is 0 Å². The summed E-state index contributed by atoms with van der Waals surface area (Å²) in [6, 6.07) is 9.21. The number of H-pyrrole nitrogens is 1. The van der Waals surface area contributed by atoms with Gasteiger partial charge in [0.2, 0.25) is 5.88 Å². The predicted molar refractivity (Wildman–Crippen MR) is 125 cm³/mol. The Morgan fingerprint density at radius 2 is 1.92 bits per heavy atom. The summed E-state index contributed by atoms with van der Waals surface area (Å²) in [6.45, 7) is 0. The fourth-order valence-electron chi connectivity index (χ4n) is 3.48. The van der Waals surface area contributed by atoms with Gasteiger partial charge < -0.3 is 9.47 Å². The van der Waals surface area contributed by atoms with Gasteiger partial charge in [-0.3, -0.25) is 9.82 Å². The Morgan fingerprint density at radius 3 is 2.69 bits per heavy atom. The van der Waals surface area contributed by atoms with Crippen LogP contribution in [-0.4, -0.2) is 52.8 Å². The number of pyridine rings is 1. The highest BCUT2D eigenvalue weighted by atomic mass is 32.2. The topological polar surface area (TPSA) is 137 Å². The number of nitrogens with one attached hydrogen (secondary N) is 2. The normalized spacial score (nSPS) is 11.6. The number of aromatic nitrogens is 6. The highest BCUT2D eigenvalue weighted by molar-refractivity contribution is 7.92. The summed E-state index contributed by atoms with van der Waals surface area (Å²) in [7, 11) is -1.36. The summed E-state index contributed by atoms with van der Waals surface area (Å²) >= 11 is 0. The number of aromatic amines is 1. The lowest BCUT2D eigenvalue weighted by atomic mass is 10.2. The lowest BCUT2D eigenvalue weighted by Gasteiger charge is -2.12. The minimum absolute atomic E-state index is 0.160. The minimum Gasteiger partial charge on any atom is -0.497 e. The van der Waals surface area contributed by atoms with E-state index in [1.54, 1.807) is 12.1 Å². The molecule has 0 spiro atoms. The van der Waals surface area contributed by atoms with Crippen LogP contribution in [0.5, 0.6) is 11.6 Å². The molecule has 2 N–H and O–H groups in total. The van der Waals surface area contributed by atoms with Gasteiger partial charge in [-0.05, 0) is 30.3 Å². The van der Waals surface area contributed by atoms with Gasteiger partial charge in [-0.1, -0.05) is 11.3 Å². The Hall–Kier alpha value is -4.59. The summed E-state index contributed by atoms with van der Waals surface area (Å²) in [5.41, 5.74) is 0.140. The molecule has 0 bridgehead atoms. The van der Waals surface area contributed by atoms with Crippen molar-refractivity contribution in [3.05, 3.63) is 66.5 Å². The first-order valence-electron chi connectivity index (χ1n) is 10.3. The zero-order valence-electron chi connectivity index (χ0n) is 18.7. The van der Waals surface area contributed by atoms with Gasteiger partial charge in [0.05, 0.1) is 36.4 Å². The van der Waals surface area contributed by atoms with Crippen LogP contribution < -0.4 is 14.2 Å². The summed E-state index contributed by atoms with van der Waals surface area (Å²) in [4.78, 5) is 4.07. The Labute approximate surface area is 202 Å². The number of sulfonamides is 1. The van der Waals surface area contributed by atoms with Gasteiger partial charge in [0, 0.05) is 17.8 Å². The first kappa shape index (κ1) is 23.2. The van der Waals surface area contributed by atoms with E-state index in [1.807, 2.05) is 0 Å². The molecule has 3 heterocycles. The third kappa shape index (κ3) is 4.07. The van der Waals surface area contributed by atoms with E-state index in [4.69, 9.17) is 9.47 Å². The molecule has 0 unspecified atom stereocenters. The van der Waals surface area contributed by atoms with Crippen molar-refractivity contribution in [3.63, 3.8) is 0 Å². The molecule has 0 aliphatic carbocycles. The highest BCUT2D eigenvalue weighted by Gasteiger charge is 2.22. The van der Waals surface area contributed by atoms with E-state index in [1.165, 1.54) is 44.8 Å². The molecule has 11 nitrogen and oxygen atoms in total. The molecule has 0 aliphatic rings. The number of ether oxygens (including phenoxy) is 2. The Balaban J connectivity index is 1.50. The van der Waals surface area contributed by atoms with E-state index in [0.717, 1.165) is 16.8 Å². The number of rotatable bonds is 7. The van der Waals surface area contributed by atoms with Gasteiger partial charge in [0.15, 0.2) is 17.3 Å². The maximum atomic E-state index is 15.4. The molecular weight excluding hydrogens is 496 g/mol. The molecule has 0 atom stereocenters. The SMILES string of the molecule is COc1cccc(S(=O)(=O)Nc2ccc(F)c(-n3cc(-c4cnc5[nH]nc(OC)c5c4)nn3)c2F)c1. The number of benzene rings is 2. The lowest BCUT2D eigenvalue weighted by molar-refractivity contribution is 0.401. The number of hydrogen-bond donors (Lipinski definition) is 2. The number of methoxy groups -OCH3 is 2. The van der Waals surface area contributed by atoms with E-state index in [2.05, 4.69) is 30.2 Å². The summed E-state index contributed by atoms with van der Waals surface area (Å²) in [6.07, 6.45) is 2.77. The van der Waals surface area contributed by atoms with Crippen molar-refractivity contribution in [2.24, 2.45) is 0 Å². The van der Waals surface area contributed by atoms with Gasteiger partial charge in [-0.25, -0.2) is 26.9 Å². The zero-order chi connectivity index (χ0) is 25.4. The Morgan fingerprint density at radius 1 is 1.08 bits per heavy atom. The second kappa shape index (κ2) is 8.88. The molecule has 0 radical (unpaired) electrons. The predicted octanol–water partition coefficient (Wildman–Crippen LogP) is 3.30. The number of fused-ring (bicyclic) bond motifs is 1. The van der Waals surface area contributed by atoms with Crippen molar-refractivity contribution in [1.29, 1.82) is 0 Å². The smallest absolute Gasteiger partial charge is 0.262 e. The molecule has 14 heteroatoms. The average molecular weight is 513 g/mol. The molecule has 0 amide bonds. The largest absolute Gasteiger partial charge is 0.497 e. The van der Waals surface area contributed by atoms with E-state index in [-0.39, 0.29) is 10.6 Å². The van der Waals surface area contributed by atoms with Crippen molar-refractivity contribution in [1.82, 2.24) is 30.2 Å². The average Bonchev–Trinajstić information content (AvgIpc) is 3.53. The lowest BCUT2D eigenvalue weighted by Crippen LogP contribution is -2.15. The summed E-state index contributed by atoms with van der Waals surface area (Å²) in [5, 5.41) is 15.1. The van der Waals surface area contributed by atoms with Crippen LogP contribution in [0, 0.1) is 11.6 Å². The molecule has 0 fully saturated rings. The first-order valence-corrected chi connectivity index (χ1v) is 11.7. The third-order valence-corrected chi connectivity index (χ3v) is 6.62.